The lowest BCUT2D eigenvalue weighted by atomic mass is 10.2. The first-order valence-electron chi connectivity index (χ1n) is 7.23. The normalized spacial score (nSPS) is 11.0. The molecule has 0 bridgehead atoms. The van der Waals surface area contributed by atoms with Crippen LogP contribution < -0.4 is 10.1 Å². The van der Waals surface area contributed by atoms with Crippen LogP contribution in [0, 0.1) is 0 Å². The molecule has 0 unspecified atom stereocenters. The summed E-state index contributed by atoms with van der Waals surface area (Å²) in [5.74, 6) is -2.38. The molecule has 2 rings (SSSR count). The summed E-state index contributed by atoms with van der Waals surface area (Å²) in [5.41, 5.74) is 0.640. The number of anilines is 1. The lowest BCUT2D eigenvalue weighted by Crippen LogP contribution is -2.27. The maximum Gasteiger partial charge on any atom is 0.239 e. The second-order valence-corrected chi connectivity index (χ2v) is 8.19. The summed E-state index contributed by atoms with van der Waals surface area (Å²) in [7, 11) is -2.45. The van der Waals surface area contributed by atoms with Gasteiger partial charge in [0.2, 0.25) is 5.91 Å². The molecule has 0 spiro atoms. The number of rotatable bonds is 7. The van der Waals surface area contributed by atoms with Crippen molar-refractivity contribution >= 4 is 43.1 Å². The van der Waals surface area contributed by atoms with E-state index < -0.39 is 33.0 Å². The first-order valence-corrected chi connectivity index (χ1v) is 9.84. The van der Waals surface area contributed by atoms with E-state index in [-0.39, 0.29) is 5.56 Å². The van der Waals surface area contributed by atoms with E-state index in [0.29, 0.717) is 11.4 Å². The summed E-state index contributed by atoms with van der Waals surface area (Å²) in [5, 5.41) is 2.48. The molecule has 0 radical (unpaired) electrons. The number of carbonyl (C=O) groups excluding carboxylic acids is 2. The molecule has 0 aliphatic carbocycles. The molecule has 2 aromatic carbocycles. The number of nitrogens with one attached hydrogen (secondary N) is 1. The van der Waals surface area contributed by atoms with Crippen molar-refractivity contribution in [1.29, 1.82) is 0 Å². The van der Waals surface area contributed by atoms with Crippen molar-refractivity contribution < 1.29 is 22.7 Å². The SMILES string of the molecule is COc1ccccc1NC(=O)CS(=O)(=O)CC(=O)c1ccc(Br)cc1. The van der Waals surface area contributed by atoms with Crippen molar-refractivity contribution in [3.05, 3.63) is 58.6 Å². The van der Waals surface area contributed by atoms with E-state index in [2.05, 4.69) is 21.2 Å². The number of hydrogen-bond donors (Lipinski definition) is 1. The second-order valence-electron chi connectivity index (χ2n) is 5.21. The molecule has 8 heteroatoms. The van der Waals surface area contributed by atoms with Gasteiger partial charge in [-0.25, -0.2) is 8.42 Å². The molecule has 0 saturated heterocycles. The van der Waals surface area contributed by atoms with Crippen LogP contribution in [0.4, 0.5) is 5.69 Å². The Morgan fingerprint density at radius 3 is 2.32 bits per heavy atom. The number of methoxy groups -OCH3 is 1. The summed E-state index contributed by atoms with van der Waals surface area (Å²) < 4.78 is 30.1. The zero-order valence-electron chi connectivity index (χ0n) is 13.4. The third-order valence-electron chi connectivity index (χ3n) is 3.25. The van der Waals surface area contributed by atoms with E-state index in [9.17, 15) is 18.0 Å². The predicted octanol–water partition coefficient (Wildman–Crippen LogP) is 2.69. The molecule has 1 N–H and O–H groups in total. The molecule has 0 fully saturated rings. The van der Waals surface area contributed by atoms with E-state index in [4.69, 9.17) is 4.74 Å². The number of Topliss-reactive ketones (excluding diaryl/α,β-unsaturated/α-hetero) is 1. The van der Waals surface area contributed by atoms with Gasteiger partial charge in [0.15, 0.2) is 15.6 Å². The molecule has 0 atom stereocenters. The van der Waals surface area contributed by atoms with Crippen molar-refractivity contribution in [1.82, 2.24) is 0 Å². The smallest absolute Gasteiger partial charge is 0.239 e. The van der Waals surface area contributed by atoms with Crippen LogP contribution in [-0.2, 0) is 14.6 Å². The summed E-state index contributed by atoms with van der Waals surface area (Å²) in [6, 6.07) is 13.0. The highest BCUT2D eigenvalue weighted by Crippen LogP contribution is 2.23. The Labute approximate surface area is 154 Å². The van der Waals surface area contributed by atoms with Crippen molar-refractivity contribution in [2.75, 3.05) is 23.9 Å². The van der Waals surface area contributed by atoms with E-state index in [1.807, 2.05) is 0 Å². The Bertz CT molecular complexity index is 878. The molecule has 1 amide bonds. The molecule has 132 valence electrons. The Morgan fingerprint density at radius 1 is 1.04 bits per heavy atom. The average Bonchev–Trinajstić information content (AvgIpc) is 2.54. The quantitative estimate of drug-likeness (QED) is 0.688. The highest BCUT2D eigenvalue weighted by Gasteiger charge is 2.22. The number of para-hydroxylation sites is 2. The lowest BCUT2D eigenvalue weighted by molar-refractivity contribution is -0.113. The third-order valence-corrected chi connectivity index (χ3v) is 5.18. The van der Waals surface area contributed by atoms with Gasteiger partial charge < -0.3 is 10.1 Å². The van der Waals surface area contributed by atoms with Gasteiger partial charge in [-0.05, 0) is 24.3 Å². The van der Waals surface area contributed by atoms with Gasteiger partial charge in [-0.3, -0.25) is 9.59 Å². The Kier molecular flexibility index (Phi) is 6.33. The second kappa shape index (κ2) is 8.26. The number of amides is 1. The van der Waals surface area contributed by atoms with Crippen LogP contribution in [0.15, 0.2) is 53.0 Å². The van der Waals surface area contributed by atoms with Crippen LogP contribution in [0.3, 0.4) is 0 Å². The maximum absolute atomic E-state index is 12.1. The van der Waals surface area contributed by atoms with Crippen LogP contribution in [0.5, 0.6) is 5.75 Å². The van der Waals surface area contributed by atoms with E-state index in [1.165, 1.54) is 19.2 Å². The lowest BCUT2D eigenvalue weighted by Gasteiger charge is -2.10. The van der Waals surface area contributed by atoms with E-state index >= 15 is 0 Å². The number of carbonyl (C=O) groups is 2. The summed E-state index contributed by atoms with van der Waals surface area (Å²) in [6.45, 7) is 0. The third kappa shape index (κ3) is 5.68. The molecule has 0 aromatic heterocycles. The zero-order chi connectivity index (χ0) is 18.4. The summed E-state index contributed by atoms with van der Waals surface area (Å²) in [4.78, 5) is 24.1. The molecule has 25 heavy (non-hydrogen) atoms. The highest BCUT2D eigenvalue weighted by molar-refractivity contribution is 9.10. The van der Waals surface area contributed by atoms with Crippen LogP contribution in [0.2, 0.25) is 0 Å². The fourth-order valence-electron chi connectivity index (χ4n) is 2.10. The number of ketones is 1. The van der Waals surface area contributed by atoms with Gasteiger partial charge in [0.05, 0.1) is 12.8 Å². The number of benzene rings is 2. The van der Waals surface area contributed by atoms with E-state index in [1.54, 1.807) is 36.4 Å². The van der Waals surface area contributed by atoms with Gasteiger partial charge in [0.25, 0.3) is 0 Å². The maximum atomic E-state index is 12.1. The molecular formula is C17H16BrNO5S. The monoisotopic (exact) mass is 425 g/mol. The molecule has 6 nitrogen and oxygen atoms in total. The van der Waals surface area contributed by atoms with Gasteiger partial charge in [-0.2, -0.15) is 0 Å². The average molecular weight is 426 g/mol. The fraction of sp³-hybridized carbons (Fsp3) is 0.176. The largest absolute Gasteiger partial charge is 0.495 e. The molecule has 0 saturated carbocycles. The fourth-order valence-corrected chi connectivity index (χ4v) is 3.51. The molecule has 0 aliphatic heterocycles. The highest BCUT2D eigenvalue weighted by atomic mass is 79.9. The molecule has 2 aromatic rings. The topological polar surface area (TPSA) is 89.5 Å². The summed E-state index contributed by atoms with van der Waals surface area (Å²) >= 11 is 3.24. The number of hydrogen-bond acceptors (Lipinski definition) is 5. The minimum absolute atomic E-state index is 0.275. The van der Waals surface area contributed by atoms with Gasteiger partial charge in [-0.1, -0.05) is 40.2 Å². The Morgan fingerprint density at radius 2 is 1.68 bits per heavy atom. The minimum atomic E-state index is -3.89. The van der Waals surface area contributed by atoms with Crippen LogP contribution in [-0.4, -0.2) is 38.7 Å². The minimum Gasteiger partial charge on any atom is -0.495 e. The van der Waals surface area contributed by atoms with Gasteiger partial charge >= 0.3 is 0 Å². The number of halogens is 1. The van der Waals surface area contributed by atoms with Crippen LogP contribution in [0.1, 0.15) is 10.4 Å². The van der Waals surface area contributed by atoms with Crippen molar-refractivity contribution in [2.45, 2.75) is 0 Å². The molecule has 0 aliphatic rings. The Hall–Kier alpha value is -2.19. The Balaban J connectivity index is 2.01. The standard InChI is InChI=1S/C17H16BrNO5S/c1-24-16-5-3-2-4-14(16)19-17(21)11-25(22,23)10-15(20)12-6-8-13(18)9-7-12/h2-9H,10-11H2,1H3,(H,19,21). The van der Waals surface area contributed by atoms with Crippen LogP contribution >= 0.6 is 15.9 Å². The zero-order valence-corrected chi connectivity index (χ0v) is 15.8. The molecule has 0 heterocycles. The number of ether oxygens (including phenoxy) is 1. The van der Waals surface area contributed by atoms with Gasteiger partial charge in [0, 0.05) is 10.0 Å². The van der Waals surface area contributed by atoms with Crippen molar-refractivity contribution in [3.8, 4) is 5.75 Å². The first kappa shape index (κ1) is 19.1. The van der Waals surface area contributed by atoms with Gasteiger partial charge in [-0.15, -0.1) is 0 Å². The first-order chi connectivity index (χ1) is 11.8. The summed E-state index contributed by atoms with van der Waals surface area (Å²) in [6.07, 6.45) is 0. The number of sulfone groups is 1. The molecular weight excluding hydrogens is 410 g/mol. The van der Waals surface area contributed by atoms with Crippen molar-refractivity contribution in [3.63, 3.8) is 0 Å². The van der Waals surface area contributed by atoms with E-state index in [0.717, 1.165) is 4.47 Å². The van der Waals surface area contributed by atoms with Crippen molar-refractivity contribution in [2.24, 2.45) is 0 Å². The predicted molar refractivity (Wildman–Crippen MR) is 98.8 cm³/mol. The van der Waals surface area contributed by atoms with Crippen LogP contribution in [0.25, 0.3) is 0 Å². The van der Waals surface area contributed by atoms with Gasteiger partial charge in [0.1, 0.15) is 17.3 Å².